The number of carboxylic acid groups (broad SMARTS) is 1. The summed E-state index contributed by atoms with van der Waals surface area (Å²) < 4.78 is 21.0. The number of ether oxygens (including phenoxy) is 1. The lowest BCUT2D eigenvalue weighted by atomic mass is 9.71. The molecule has 1 atom stereocenters. The molecule has 1 saturated heterocycles. The normalized spacial score (nSPS) is 16.9. The van der Waals surface area contributed by atoms with Gasteiger partial charge in [0, 0.05) is 17.1 Å². The van der Waals surface area contributed by atoms with Crippen molar-refractivity contribution in [1.29, 1.82) is 0 Å². The Balaban J connectivity index is 1.40. The number of carbonyl (C=O) groups is 1. The van der Waals surface area contributed by atoms with E-state index in [1.54, 1.807) is 36.6 Å². The number of aliphatic carboxylic acids is 1. The van der Waals surface area contributed by atoms with Gasteiger partial charge in [-0.1, -0.05) is 11.6 Å². The number of rotatable bonds is 11. The van der Waals surface area contributed by atoms with Crippen molar-refractivity contribution < 1.29 is 19.0 Å². The van der Waals surface area contributed by atoms with Gasteiger partial charge in [0.15, 0.2) is 0 Å². The highest BCUT2D eigenvalue weighted by Crippen LogP contribution is 2.44. The van der Waals surface area contributed by atoms with Crippen LogP contribution in [0, 0.1) is 5.41 Å². The molecule has 0 aliphatic carbocycles. The predicted octanol–water partition coefficient (Wildman–Crippen LogP) is 6.94. The van der Waals surface area contributed by atoms with E-state index in [0.29, 0.717) is 28.6 Å². The van der Waals surface area contributed by atoms with Crippen LogP contribution in [0.25, 0.3) is 10.9 Å². The molecule has 1 aromatic carbocycles. The lowest BCUT2D eigenvalue weighted by Gasteiger charge is -2.41. The maximum absolute atomic E-state index is 15.7. The highest BCUT2D eigenvalue weighted by atomic mass is 35.5. The molecule has 0 amide bonds. The van der Waals surface area contributed by atoms with Crippen LogP contribution >= 0.6 is 22.9 Å². The number of carboxylic acids is 1. The van der Waals surface area contributed by atoms with Crippen molar-refractivity contribution in [3.8, 4) is 5.75 Å². The zero-order chi connectivity index (χ0) is 24.8. The van der Waals surface area contributed by atoms with Crippen LogP contribution in [0.15, 0.2) is 41.2 Å². The van der Waals surface area contributed by atoms with E-state index >= 15 is 4.39 Å². The smallest absolute Gasteiger partial charge is 0.303 e. The van der Waals surface area contributed by atoms with Crippen LogP contribution < -0.4 is 4.74 Å². The fraction of sp³-hybridized carbons (Fsp3) is 0.481. The number of alkyl halides is 1. The van der Waals surface area contributed by atoms with E-state index in [1.165, 1.54) is 11.8 Å². The number of halogens is 2. The Morgan fingerprint density at radius 1 is 1.34 bits per heavy atom. The van der Waals surface area contributed by atoms with Crippen LogP contribution in [0.2, 0.25) is 5.02 Å². The molecule has 3 heterocycles. The third kappa shape index (κ3) is 6.51. The summed E-state index contributed by atoms with van der Waals surface area (Å²) in [6.45, 7) is 2.71. The zero-order valence-corrected chi connectivity index (χ0v) is 21.6. The fourth-order valence-corrected chi connectivity index (χ4v) is 6.19. The third-order valence-electron chi connectivity index (χ3n) is 7.27. The van der Waals surface area contributed by atoms with E-state index < -0.39 is 17.6 Å². The largest absolute Gasteiger partial charge is 0.497 e. The first-order valence-electron chi connectivity index (χ1n) is 12.1. The van der Waals surface area contributed by atoms with E-state index in [9.17, 15) is 9.90 Å². The third-order valence-corrected chi connectivity index (χ3v) is 8.31. The number of aryl methyl sites for hydroxylation is 1. The van der Waals surface area contributed by atoms with Crippen molar-refractivity contribution in [3.63, 3.8) is 0 Å². The highest BCUT2D eigenvalue weighted by molar-refractivity contribution is 7.07. The summed E-state index contributed by atoms with van der Waals surface area (Å²) in [7, 11) is 1.57. The quantitative estimate of drug-likeness (QED) is 0.298. The van der Waals surface area contributed by atoms with Gasteiger partial charge in [-0.2, -0.15) is 11.3 Å². The standard InChI is InChI=1S/C27H32ClFN2O3S/c1-34-20-4-5-24-21(15-20)26(22(28)17-30-24)23(29)6-8-27(16-25(32)33)9-12-31(13-10-27)11-2-3-19-7-14-35-18-19/h4-5,7,14-15,17-18,23H,2-3,6,8-13,16H2,1H3,(H,32,33)/t23-/m0/s1. The molecule has 0 saturated carbocycles. The van der Waals surface area contributed by atoms with Crippen molar-refractivity contribution in [2.45, 2.75) is 51.1 Å². The zero-order valence-electron chi connectivity index (χ0n) is 20.0. The van der Waals surface area contributed by atoms with Crippen LogP contribution in [0.4, 0.5) is 4.39 Å². The maximum atomic E-state index is 15.7. The Labute approximate surface area is 214 Å². The molecule has 0 unspecified atom stereocenters. The molecule has 0 spiro atoms. The molecule has 1 fully saturated rings. The van der Waals surface area contributed by atoms with E-state index in [4.69, 9.17) is 16.3 Å². The first-order chi connectivity index (χ1) is 16.9. The Bertz CT molecular complexity index is 1130. The van der Waals surface area contributed by atoms with Gasteiger partial charge in [-0.3, -0.25) is 9.78 Å². The average Bonchev–Trinajstić information content (AvgIpc) is 3.36. The average molecular weight is 519 g/mol. The van der Waals surface area contributed by atoms with Crippen LogP contribution in [0.3, 0.4) is 0 Å². The summed E-state index contributed by atoms with van der Waals surface area (Å²) in [6, 6.07) is 7.51. The van der Waals surface area contributed by atoms with Gasteiger partial charge < -0.3 is 14.7 Å². The number of piperidine rings is 1. The number of pyridine rings is 1. The summed E-state index contributed by atoms with van der Waals surface area (Å²) in [6.07, 6.45) is 4.67. The van der Waals surface area contributed by atoms with Crippen LogP contribution in [-0.4, -0.2) is 47.7 Å². The van der Waals surface area contributed by atoms with E-state index in [-0.39, 0.29) is 17.9 Å². The summed E-state index contributed by atoms with van der Waals surface area (Å²) in [5.74, 6) is -0.202. The van der Waals surface area contributed by atoms with Gasteiger partial charge >= 0.3 is 5.97 Å². The number of hydrogen-bond acceptors (Lipinski definition) is 5. The topological polar surface area (TPSA) is 62.7 Å². The molecule has 1 aliphatic heterocycles. The second kappa shape index (κ2) is 11.7. The minimum Gasteiger partial charge on any atom is -0.497 e. The van der Waals surface area contributed by atoms with Gasteiger partial charge in [0.25, 0.3) is 0 Å². The molecule has 4 rings (SSSR count). The summed E-state index contributed by atoms with van der Waals surface area (Å²) >= 11 is 8.12. The summed E-state index contributed by atoms with van der Waals surface area (Å²) in [4.78, 5) is 18.5. The summed E-state index contributed by atoms with van der Waals surface area (Å²) in [5, 5.41) is 14.8. The Morgan fingerprint density at radius 2 is 2.14 bits per heavy atom. The van der Waals surface area contributed by atoms with Gasteiger partial charge in [0.05, 0.1) is 24.1 Å². The first-order valence-corrected chi connectivity index (χ1v) is 13.4. The molecule has 5 nitrogen and oxygen atoms in total. The van der Waals surface area contributed by atoms with E-state index in [0.717, 1.165) is 45.3 Å². The van der Waals surface area contributed by atoms with Crippen molar-refractivity contribution in [2.75, 3.05) is 26.7 Å². The molecule has 8 heteroatoms. The lowest BCUT2D eigenvalue weighted by molar-refractivity contribution is -0.141. The van der Waals surface area contributed by atoms with Gasteiger partial charge in [-0.25, -0.2) is 4.39 Å². The Kier molecular flexibility index (Phi) is 8.63. The monoisotopic (exact) mass is 518 g/mol. The number of likely N-dealkylation sites (tertiary alicyclic amines) is 1. The molecular weight excluding hydrogens is 487 g/mol. The van der Waals surface area contributed by atoms with Crippen LogP contribution in [-0.2, 0) is 11.2 Å². The highest BCUT2D eigenvalue weighted by Gasteiger charge is 2.37. The van der Waals surface area contributed by atoms with Gasteiger partial charge in [0.1, 0.15) is 11.9 Å². The minimum absolute atomic E-state index is 0.0705. The van der Waals surface area contributed by atoms with Crippen molar-refractivity contribution in [1.82, 2.24) is 9.88 Å². The van der Waals surface area contributed by atoms with E-state index in [1.807, 2.05) is 0 Å². The second-order valence-corrected chi connectivity index (χ2v) is 10.7. The van der Waals surface area contributed by atoms with Crippen molar-refractivity contribution in [2.24, 2.45) is 5.41 Å². The van der Waals surface area contributed by atoms with Crippen molar-refractivity contribution in [3.05, 3.63) is 57.4 Å². The van der Waals surface area contributed by atoms with Gasteiger partial charge in [-0.05, 0) is 104 Å². The number of hydrogen-bond donors (Lipinski definition) is 1. The molecule has 188 valence electrons. The molecule has 1 N–H and O–H groups in total. The molecule has 35 heavy (non-hydrogen) atoms. The molecular formula is C27H32ClFN2O3S. The second-order valence-electron chi connectivity index (χ2n) is 9.56. The van der Waals surface area contributed by atoms with Gasteiger partial charge in [-0.15, -0.1) is 0 Å². The molecule has 0 radical (unpaired) electrons. The number of nitrogens with zero attached hydrogens (tertiary/aromatic N) is 2. The lowest BCUT2D eigenvalue weighted by Crippen LogP contribution is -2.41. The predicted molar refractivity (Wildman–Crippen MR) is 139 cm³/mol. The Hall–Kier alpha value is -2.22. The number of thiophene rings is 1. The number of fused-ring (bicyclic) bond motifs is 1. The number of benzene rings is 1. The van der Waals surface area contributed by atoms with E-state index in [2.05, 4.69) is 26.7 Å². The maximum Gasteiger partial charge on any atom is 0.303 e. The van der Waals surface area contributed by atoms with Gasteiger partial charge in [0.2, 0.25) is 0 Å². The SMILES string of the molecule is COc1ccc2ncc(Cl)c([C@@H](F)CCC3(CC(=O)O)CCN(CCCc4ccsc4)CC3)c2c1. The molecule has 1 aliphatic rings. The number of methoxy groups -OCH3 is 1. The molecule has 2 aromatic heterocycles. The first kappa shape index (κ1) is 25.9. The Morgan fingerprint density at radius 3 is 2.83 bits per heavy atom. The minimum atomic E-state index is -1.31. The summed E-state index contributed by atoms with van der Waals surface area (Å²) in [5.41, 5.74) is 2.05. The molecule has 3 aromatic rings. The fourth-order valence-electron chi connectivity index (χ4n) is 5.22. The van der Waals surface area contributed by atoms with Crippen LogP contribution in [0.1, 0.15) is 55.8 Å². The molecule has 0 bridgehead atoms. The van der Waals surface area contributed by atoms with Crippen molar-refractivity contribution >= 4 is 39.8 Å². The van der Waals surface area contributed by atoms with Crippen LogP contribution in [0.5, 0.6) is 5.75 Å². The number of aromatic nitrogens is 1.